The number of hydrogen-bond acceptors (Lipinski definition) is 3. The molecule has 0 amide bonds. The molecular weight excluding hydrogens is 186 g/mol. The molecule has 1 aliphatic rings. The van der Waals surface area contributed by atoms with Gasteiger partial charge in [-0.3, -0.25) is 4.90 Å². The van der Waals surface area contributed by atoms with Gasteiger partial charge < -0.3 is 0 Å². The van der Waals surface area contributed by atoms with E-state index in [4.69, 9.17) is 10.5 Å². The Morgan fingerprint density at radius 2 is 1.47 bits per heavy atom. The van der Waals surface area contributed by atoms with Gasteiger partial charge in [-0.25, -0.2) is 0 Å². The van der Waals surface area contributed by atoms with Crippen LogP contribution in [0.25, 0.3) is 0 Å². The molecule has 0 aromatic carbocycles. The second-order valence-corrected chi connectivity index (χ2v) is 3.76. The van der Waals surface area contributed by atoms with Crippen LogP contribution in [0.1, 0.15) is 47.0 Å². The van der Waals surface area contributed by atoms with Gasteiger partial charge in [0, 0.05) is 6.04 Å². The lowest BCUT2D eigenvalue weighted by atomic mass is 9.95. The van der Waals surface area contributed by atoms with Crippen molar-refractivity contribution in [3.05, 3.63) is 0 Å². The highest BCUT2D eigenvalue weighted by Crippen LogP contribution is 2.24. The van der Waals surface area contributed by atoms with Crippen molar-refractivity contribution in [2.75, 3.05) is 0 Å². The molecule has 15 heavy (non-hydrogen) atoms. The highest BCUT2D eigenvalue weighted by Gasteiger charge is 2.32. The van der Waals surface area contributed by atoms with Crippen LogP contribution < -0.4 is 0 Å². The summed E-state index contributed by atoms with van der Waals surface area (Å²) in [6, 6.07) is 4.72. The Morgan fingerprint density at radius 3 is 1.73 bits per heavy atom. The lowest BCUT2D eigenvalue weighted by Crippen LogP contribution is -2.49. The van der Waals surface area contributed by atoms with E-state index in [1.165, 1.54) is 0 Å². The Hall–Kier alpha value is -1.06. The van der Waals surface area contributed by atoms with E-state index in [-0.39, 0.29) is 18.1 Å². The van der Waals surface area contributed by atoms with Crippen LogP contribution in [-0.4, -0.2) is 23.0 Å². The number of likely N-dealkylation sites (tertiary alicyclic amines) is 1. The van der Waals surface area contributed by atoms with Gasteiger partial charge in [-0.15, -0.1) is 0 Å². The van der Waals surface area contributed by atoms with Gasteiger partial charge in [0.1, 0.15) is 0 Å². The van der Waals surface area contributed by atoms with Crippen LogP contribution in [0.4, 0.5) is 0 Å². The molecule has 2 atom stereocenters. The van der Waals surface area contributed by atoms with E-state index in [2.05, 4.69) is 12.1 Å². The minimum absolute atomic E-state index is 0.0570. The van der Waals surface area contributed by atoms with E-state index in [0.29, 0.717) is 0 Å². The molecule has 0 aromatic heterocycles. The Kier molecular flexibility index (Phi) is 6.75. The molecule has 0 bridgehead atoms. The maximum atomic E-state index is 8.92. The molecule has 1 rings (SSSR count). The molecule has 1 heterocycles. The zero-order valence-corrected chi connectivity index (χ0v) is 10.2. The number of hydrogen-bond donors (Lipinski definition) is 0. The lowest BCUT2D eigenvalue weighted by molar-refractivity contribution is 0.108. The Morgan fingerprint density at radius 1 is 1.07 bits per heavy atom. The summed E-state index contributed by atoms with van der Waals surface area (Å²) in [5.74, 6) is 0. The summed E-state index contributed by atoms with van der Waals surface area (Å²) < 4.78 is 0. The van der Waals surface area contributed by atoms with Gasteiger partial charge >= 0.3 is 0 Å². The van der Waals surface area contributed by atoms with E-state index >= 15 is 0 Å². The molecule has 0 saturated carbocycles. The molecule has 0 aliphatic carbocycles. The fourth-order valence-electron chi connectivity index (χ4n) is 2.00. The second-order valence-electron chi connectivity index (χ2n) is 3.76. The first kappa shape index (κ1) is 13.9. The third-order valence-electron chi connectivity index (χ3n) is 2.57. The predicted octanol–water partition coefficient (Wildman–Crippen LogP) is 2.69. The standard InChI is InChI=1S/C10H15N3.C2H6/c1-8(2)13-9(6-11)4-3-5-10(13)7-12;1-2/h8-10H,3-5H2,1-2H3;1-2H3. The molecule has 3 nitrogen and oxygen atoms in total. The number of nitriles is 2. The van der Waals surface area contributed by atoms with Crippen LogP contribution >= 0.6 is 0 Å². The summed E-state index contributed by atoms with van der Waals surface area (Å²) >= 11 is 0. The Labute approximate surface area is 93.3 Å². The van der Waals surface area contributed by atoms with Gasteiger partial charge in [0.2, 0.25) is 0 Å². The van der Waals surface area contributed by atoms with Gasteiger partial charge in [0.15, 0.2) is 0 Å². The first-order valence-corrected chi connectivity index (χ1v) is 5.77. The lowest BCUT2D eigenvalue weighted by Gasteiger charge is -2.38. The van der Waals surface area contributed by atoms with Crippen molar-refractivity contribution in [1.29, 1.82) is 10.5 Å². The molecule has 1 saturated heterocycles. The van der Waals surface area contributed by atoms with Crippen molar-refractivity contribution in [3.8, 4) is 12.1 Å². The van der Waals surface area contributed by atoms with Crippen LogP contribution in [0, 0.1) is 22.7 Å². The number of nitrogens with zero attached hydrogens (tertiary/aromatic N) is 3. The summed E-state index contributed by atoms with van der Waals surface area (Å²) in [6.07, 6.45) is 2.82. The third kappa shape index (κ3) is 3.53. The monoisotopic (exact) mass is 207 g/mol. The molecule has 0 aromatic rings. The summed E-state index contributed by atoms with van der Waals surface area (Å²) in [6.45, 7) is 8.08. The molecule has 0 radical (unpaired) electrons. The van der Waals surface area contributed by atoms with E-state index < -0.39 is 0 Å². The fourth-order valence-corrected chi connectivity index (χ4v) is 2.00. The molecule has 84 valence electrons. The van der Waals surface area contributed by atoms with Crippen molar-refractivity contribution in [2.45, 2.75) is 65.1 Å². The molecule has 2 unspecified atom stereocenters. The fraction of sp³-hybridized carbons (Fsp3) is 0.833. The predicted molar refractivity (Wildman–Crippen MR) is 61.0 cm³/mol. The minimum atomic E-state index is -0.0570. The minimum Gasteiger partial charge on any atom is -0.270 e. The van der Waals surface area contributed by atoms with Gasteiger partial charge in [0.05, 0.1) is 24.2 Å². The van der Waals surface area contributed by atoms with Gasteiger partial charge in [0.25, 0.3) is 0 Å². The average molecular weight is 207 g/mol. The van der Waals surface area contributed by atoms with Gasteiger partial charge in [-0.2, -0.15) is 10.5 Å². The van der Waals surface area contributed by atoms with Crippen LogP contribution in [-0.2, 0) is 0 Å². The van der Waals surface area contributed by atoms with Crippen molar-refractivity contribution in [3.63, 3.8) is 0 Å². The molecule has 3 heteroatoms. The largest absolute Gasteiger partial charge is 0.270 e. The summed E-state index contributed by atoms with van der Waals surface area (Å²) in [5, 5.41) is 17.8. The maximum Gasteiger partial charge on any atom is 0.0990 e. The zero-order chi connectivity index (χ0) is 11.8. The van der Waals surface area contributed by atoms with E-state index in [0.717, 1.165) is 19.3 Å². The van der Waals surface area contributed by atoms with Crippen LogP contribution in [0.2, 0.25) is 0 Å². The highest BCUT2D eigenvalue weighted by atomic mass is 15.2. The molecular formula is C12H21N3. The zero-order valence-electron chi connectivity index (χ0n) is 10.2. The topological polar surface area (TPSA) is 50.8 Å². The van der Waals surface area contributed by atoms with E-state index in [9.17, 15) is 0 Å². The van der Waals surface area contributed by atoms with Gasteiger partial charge in [-0.1, -0.05) is 13.8 Å². The smallest absolute Gasteiger partial charge is 0.0990 e. The molecule has 0 spiro atoms. The normalized spacial score (nSPS) is 26.1. The van der Waals surface area contributed by atoms with Gasteiger partial charge in [-0.05, 0) is 33.1 Å². The number of piperidine rings is 1. The maximum absolute atomic E-state index is 8.92. The van der Waals surface area contributed by atoms with E-state index in [1.807, 2.05) is 32.6 Å². The molecule has 1 fully saturated rings. The van der Waals surface area contributed by atoms with Crippen LogP contribution in [0.15, 0.2) is 0 Å². The average Bonchev–Trinajstić information content (AvgIpc) is 2.30. The SMILES string of the molecule is CC.CC(C)N1C(C#N)CCCC1C#N. The van der Waals surface area contributed by atoms with Crippen molar-refractivity contribution in [1.82, 2.24) is 4.90 Å². The summed E-state index contributed by atoms with van der Waals surface area (Å²) in [4.78, 5) is 2.03. The van der Waals surface area contributed by atoms with Crippen LogP contribution in [0.3, 0.4) is 0 Å². The Balaban J connectivity index is 0.000000921. The summed E-state index contributed by atoms with van der Waals surface area (Å²) in [7, 11) is 0. The summed E-state index contributed by atoms with van der Waals surface area (Å²) in [5.41, 5.74) is 0. The Bertz CT molecular complexity index is 225. The van der Waals surface area contributed by atoms with Crippen molar-refractivity contribution in [2.24, 2.45) is 0 Å². The molecule has 1 aliphatic heterocycles. The first-order valence-electron chi connectivity index (χ1n) is 5.77. The van der Waals surface area contributed by atoms with Crippen LogP contribution in [0.5, 0.6) is 0 Å². The first-order chi connectivity index (χ1) is 7.20. The third-order valence-corrected chi connectivity index (χ3v) is 2.57. The quantitative estimate of drug-likeness (QED) is 0.664. The van der Waals surface area contributed by atoms with E-state index in [1.54, 1.807) is 0 Å². The highest BCUT2D eigenvalue weighted by molar-refractivity contribution is 5.05. The van der Waals surface area contributed by atoms with Crippen molar-refractivity contribution >= 4 is 0 Å². The number of rotatable bonds is 1. The second kappa shape index (κ2) is 7.26. The van der Waals surface area contributed by atoms with Crippen molar-refractivity contribution < 1.29 is 0 Å². The molecule has 0 N–H and O–H groups in total.